The molecule has 1 atom stereocenters. The Hall–Kier alpha value is -1.09. The number of rotatable bonds is 5. The molecule has 0 bridgehead atoms. The second-order valence-electron chi connectivity index (χ2n) is 5.12. The van der Waals surface area contributed by atoms with Crippen molar-refractivity contribution in [2.45, 2.75) is 38.6 Å². The largest absolute Gasteiger partial charge is 0.493 e. The molecule has 0 radical (unpaired) electrons. The zero-order valence-electron chi connectivity index (χ0n) is 11.2. The van der Waals surface area contributed by atoms with Crippen LogP contribution in [0.2, 0.25) is 0 Å². The molecular formula is C15H22FNO. The Labute approximate surface area is 109 Å². The van der Waals surface area contributed by atoms with Crippen LogP contribution in [0.5, 0.6) is 5.75 Å². The summed E-state index contributed by atoms with van der Waals surface area (Å²) in [7, 11) is 1.83. The van der Waals surface area contributed by atoms with E-state index in [-0.39, 0.29) is 11.9 Å². The lowest BCUT2D eigenvalue weighted by Gasteiger charge is -2.18. The quantitative estimate of drug-likeness (QED) is 0.862. The molecule has 1 aliphatic rings. The molecule has 0 heterocycles. The molecule has 100 valence electrons. The van der Waals surface area contributed by atoms with Crippen molar-refractivity contribution in [3.63, 3.8) is 0 Å². The maximum atomic E-state index is 13.9. The van der Waals surface area contributed by atoms with Crippen LogP contribution in [0.1, 0.15) is 44.2 Å². The molecule has 0 aromatic heterocycles. The van der Waals surface area contributed by atoms with Crippen LogP contribution < -0.4 is 10.1 Å². The fourth-order valence-corrected chi connectivity index (χ4v) is 2.59. The monoisotopic (exact) mass is 251 g/mol. The molecule has 1 unspecified atom stereocenters. The van der Waals surface area contributed by atoms with Crippen molar-refractivity contribution in [3.8, 4) is 5.75 Å². The Bertz CT molecular complexity index is 388. The highest BCUT2D eigenvalue weighted by molar-refractivity contribution is 5.37. The summed E-state index contributed by atoms with van der Waals surface area (Å²) >= 11 is 0. The van der Waals surface area contributed by atoms with Crippen molar-refractivity contribution in [1.82, 2.24) is 5.32 Å². The lowest BCUT2D eigenvalue weighted by molar-refractivity contribution is 0.247. The number of halogens is 1. The molecule has 2 nitrogen and oxygen atoms in total. The van der Waals surface area contributed by atoms with Gasteiger partial charge in [0.15, 0.2) is 0 Å². The van der Waals surface area contributed by atoms with Gasteiger partial charge in [-0.1, -0.05) is 18.9 Å². The Balaban J connectivity index is 2.08. The van der Waals surface area contributed by atoms with Crippen LogP contribution in [-0.4, -0.2) is 13.7 Å². The van der Waals surface area contributed by atoms with E-state index < -0.39 is 0 Å². The van der Waals surface area contributed by atoms with Crippen LogP contribution >= 0.6 is 0 Å². The van der Waals surface area contributed by atoms with Crippen molar-refractivity contribution < 1.29 is 9.13 Å². The van der Waals surface area contributed by atoms with Gasteiger partial charge in [-0.05, 0) is 44.9 Å². The van der Waals surface area contributed by atoms with Gasteiger partial charge >= 0.3 is 0 Å². The summed E-state index contributed by atoms with van der Waals surface area (Å²) < 4.78 is 19.7. The molecular weight excluding hydrogens is 229 g/mol. The van der Waals surface area contributed by atoms with Crippen molar-refractivity contribution in [2.75, 3.05) is 13.7 Å². The van der Waals surface area contributed by atoms with Crippen LogP contribution in [0.4, 0.5) is 4.39 Å². The van der Waals surface area contributed by atoms with E-state index in [1.54, 1.807) is 6.07 Å². The molecule has 0 saturated heterocycles. The minimum absolute atomic E-state index is 0.0372. The number of hydrogen-bond acceptors (Lipinski definition) is 2. The highest BCUT2D eigenvalue weighted by atomic mass is 19.1. The van der Waals surface area contributed by atoms with Gasteiger partial charge in [0, 0.05) is 11.6 Å². The fourth-order valence-electron chi connectivity index (χ4n) is 2.59. The van der Waals surface area contributed by atoms with Crippen LogP contribution in [-0.2, 0) is 0 Å². The highest BCUT2D eigenvalue weighted by Gasteiger charge is 2.19. The number of benzene rings is 1. The fraction of sp³-hybridized carbons (Fsp3) is 0.600. The second kappa shape index (κ2) is 6.19. The third-order valence-electron chi connectivity index (χ3n) is 3.83. The summed E-state index contributed by atoms with van der Waals surface area (Å²) in [6.45, 7) is 2.66. The summed E-state index contributed by atoms with van der Waals surface area (Å²) in [5.74, 6) is 1.13. The Morgan fingerprint density at radius 1 is 1.39 bits per heavy atom. The summed E-state index contributed by atoms with van der Waals surface area (Å²) in [4.78, 5) is 0. The van der Waals surface area contributed by atoms with E-state index >= 15 is 0 Å². The van der Waals surface area contributed by atoms with Crippen LogP contribution in [0.25, 0.3) is 0 Å². The van der Waals surface area contributed by atoms with Crippen LogP contribution in [0.15, 0.2) is 18.2 Å². The second-order valence-corrected chi connectivity index (χ2v) is 5.12. The van der Waals surface area contributed by atoms with Gasteiger partial charge in [0.2, 0.25) is 0 Å². The summed E-state index contributed by atoms with van der Waals surface area (Å²) in [6, 6.07) is 5.03. The molecule has 3 heteroatoms. The van der Waals surface area contributed by atoms with Crippen LogP contribution in [0, 0.1) is 11.7 Å². The zero-order valence-corrected chi connectivity index (χ0v) is 11.2. The Morgan fingerprint density at radius 2 is 2.11 bits per heavy atom. The first kappa shape index (κ1) is 13.3. The predicted octanol–water partition coefficient (Wildman–Crippen LogP) is 3.68. The van der Waals surface area contributed by atoms with Gasteiger partial charge in [0.05, 0.1) is 6.61 Å². The predicted molar refractivity (Wildman–Crippen MR) is 71.3 cm³/mol. The molecule has 2 rings (SSSR count). The van der Waals surface area contributed by atoms with Gasteiger partial charge in [-0.25, -0.2) is 4.39 Å². The molecule has 0 amide bonds. The van der Waals surface area contributed by atoms with Crippen LogP contribution in [0.3, 0.4) is 0 Å². The molecule has 0 aliphatic heterocycles. The molecule has 0 spiro atoms. The lowest BCUT2D eigenvalue weighted by Crippen LogP contribution is -2.17. The summed E-state index contributed by atoms with van der Waals surface area (Å²) in [6.07, 6.45) is 5.09. The molecule has 1 aromatic rings. The highest BCUT2D eigenvalue weighted by Crippen LogP contribution is 2.30. The normalized spacial score (nSPS) is 17.9. The molecule has 1 aliphatic carbocycles. The topological polar surface area (TPSA) is 21.3 Å². The van der Waals surface area contributed by atoms with E-state index in [2.05, 4.69) is 5.32 Å². The maximum absolute atomic E-state index is 13.9. The van der Waals surface area contributed by atoms with Gasteiger partial charge in [-0.2, -0.15) is 0 Å². The average molecular weight is 251 g/mol. The number of hydrogen-bond donors (Lipinski definition) is 1. The van der Waals surface area contributed by atoms with Gasteiger partial charge < -0.3 is 10.1 Å². The SMILES string of the molecule is CNC(C)c1c(F)cccc1OCC1CCCC1. The number of nitrogens with one attached hydrogen (secondary N) is 1. The van der Waals surface area contributed by atoms with Gasteiger partial charge in [0.25, 0.3) is 0 Å². The molecule has 1 N–H and O–H groups in total. The smallest absolute Gasteiger partial charge is 0.131 e. The molecule has 1 fully saturated rings. The third-order valence-corrected chi connectivity index (χ3v) is 3.83. The van der Waals surface area contributed by atoms with E-state index in [1.165, 1.54) is 31.7 Å². The van der Waals surface area contributed by atoms with Gasteiger partial charge in [-0.15, -0.1) is 0 Å². The first-order chi connectivity index (χ1) is 8.72. The van der Waals surface area contributed by atoms with E-state index in [0.29, 0.717) is 23.8 Å². The number of ether oxygens (including phenoxy) is 1. The molecule has 1 saturated carbocycles. The minimum Gasteiger partial charge on any atom is -0.493 e. The molecule has 1 aromatic carbocycles. The standard InChI is InChI=1S/C15H22FNO/c1-11(17-2)15-13(16)8-5-9-14(15)18-10-12-6-3-4-7-12/h5,8-9,11-12,17H,3-4,6-7,10H2,1-2H3. The van der Waals surface area contributed by atoms with E-state index in [9.17, 15) is 4.39 Å². The van der Waals surface area contributed by atoms with Crippen molar-refractivity contribution in [2.24, 2.45) is 5.92 Å². The van der Waals surface area contributed by atoms with Gasteiger partial charge in [-0.3, -0.25) is 0 Å². The Kier molecular flexibility index (Phi) is 4.59. The van der Waals surface area contributed by atoms with E-state index in [1.807, 2.05) is 20.0 Å². The van der Waals surface area contributed by atoms with Crippen molar-refractivity contribution in [1.29, 1.82) is 0 Å². The maximum Gasteiger partial charge on any atom is 0.131 e. The third kappa shape index (κ3) is 3.02. The van der Waals surface area contributed by atoms with Crippen molar-refractivity contribution >= 4 is 0 Å². The van der Waals surface area contributed by atoms with E-state index in [4.69, 9.17) is 4.74 Å². The summed E-state index contributed by atoms with van der Waals surface area (Å²) in [5.41, 5.74) is 0.637. The van der Waals surface area contributed by atoms with E-state index in [0.717, 1.165) is 0 Å². The lowest BCUT2D eigenvalue weighted by atomic mass is 10.1. The first-order valence-electron chi connectivity index (χ1n) is 6.81. The molecule has 18 heavy (non-hydrogen) atoms. The zero-order chi connectivity index (χ0) is 13.0. The van der Waals surface area contributed by atoms with Gasteiger partial charge in [0.1, 0.15) is 11.6 Å². The minimum atomic E-state index is -0.194. The Morgan fingerprint density at radius 3 is 2.78 bits per heavy atom. The first-order valence-corrected chi connectivity index (χ1v) is 6.81. The van der Waals surface area contributed by atoms with Crippen molar-refractivity contribution in [3.05, 3.63) is 29.6 Å². The summed E-state index contributed by atoms with van der Waals surface area (Å²) in [5, 5.41) is 3.07. The average Bonchev–Trinajstić information content (AvgIpc) is 2.88.